The lowest BCUT2D eigenvalue weighted by Crippen LogP contribution is -2.42. The summed E-state index contributed by atoms with van der Waals surface area (Å²) in [4.78, 5) is 12.1. The molecule has 3 nitrogen and oxygen atoms in total. The average molecular weight is 254 g/mol. The first-order valence-electron chi connectivity index (χ1n) is 5.98. The molecule has 1 saturated heterocycles. The van der Waals surface area contributed by atoms with Gasteiger partial charge in [-0.05, 0) is 38.1 Å². The number of hydrogen-bond donors (Lipinski definition) is 2. The number of carbonyl (C=O) groups excluding carboxylic acids is 1. The molecule has 1 aliphatic rings. The van der Waals surface area contributed by atoms with E-state index in [4.69, 9.17) is 0 Å². The Morgan fingerprint density at radius 3 is 2.56 bits per heavy atom. The highest BCUT2D eigenvalue weighted by Gasteiger charge is 2.34. The number of amides is 1. The van der Waals surface area contributed by atoms with Gasteiger partial charge in [0.2, 0.25) is 5.91 Å². The fourth-order valence-corrected chi connectivity index (χ4v) is 2.06. The van der Waals surface area contributed by atoms with Gasteiger partial charge in [0.15, 0.2) is 11.6 Å². The molecule has 5 heteroatoms. The average Bonchev–Trinajstić information content (AvgIpc) is 2.35. The van der Waals surface area contributed by atoms with Gasteiger partial charge in [-0.1, -0.05) is 6.92 Å². The van der Waals surface area contributed by atoms with Crippen LogP contribution in [0.4, 0.5) is 14.5 Å². The van der Waals surface area contributed by atoms with E-state index in [1.165, 1.54) is 6.07 Å². The molecule has 0 atom stereocenters. The highest BCUT2D eigenvalue weighted by molar-refractivity contribution is 5.95. The maximum absolute atomic E-state index is 13.0. The normalized spacial score (nSPS) is 18.4. The lowest BCUT2D eigenvalue weighted by atomic mass is 9.80. The molecule has 0 radical (unpaired) electrons. The van der Waals surface area contributed by atoms with E-state index in [-0.39, 0.29) is 5.91 Å². The van der Waals surface area contributed by atoms with Crippen LogP contribution in [0.5, 0.6) is 0 Å². The lowest BCUT2D eigenvalue weighted by molar-refractivity contribution is -0.126. The summed E-state index contributed by atoms with van der Waals surface area (Å²) >= 11 is 0. The zero-order valence-electron chi connectivity index (χ0n) is 10.2. The molecule has 1 aliphatic heterocycles. The van der Waals surface area contributed by atoms with Crippen LogP contribution in [0.3, 0.4) is 0 Å². The number of benzene rings is 1. The molecule has 98 valence electrons. The largest absolute Gasteiger partial charge is 0.326 e. The van der Waals surface area contributed by atoms with E-state index in [1.54, 1.807) is 0 Å². The smallest absolute Gasteiger partial charge is 0.230 e. The maximum Gasteiger partial charge on any atom is 0.230 e. The van der Waals surface area contributed by atoms with Gasteiger partial charge in [-0.3, -0.25) is 4.79 Å². The Morgan fingerprint density at radius 2 is 1.94 bits per heavy atom. The number of hydrogen-bond acceptors (Lipinski definition) is 2. The predicted molar refractivity (Wildman–Crippen MR) is 65.2 cm³/mol. The van der Waals surface area contributed by atoms with Crippen molar-refractivity contribution in [2.75, 3.05) is 18.4 Å². The summed E-state index contributed by atoms with van der Waals surface area (Å²) in [6, 6.07) is 3.37. The second-order valence-corrected chi connectivity index (χ2v) is 4.89. The number of carbonyl (C=O) groups is 1. The third-order valence-electron chi connectivity index (χ3n) is 3.43. The Morgan fingerprint density at radius 1 is 1.28 bits per heavy atom. The van der Waals surface area contributed by atoms with Crippen molar-refractivity contribution >= 4 is 11.6 Å². The summed E-state index contributed by atoms with van der Waals surface area (Å²) in [5.74, 6) is -2.01. The topological polar surface area (TPSA) is 41.1 Å². The predicted octanol–water partition coefficient (Wildman–Crippen LogP) is 2.29. The molecule has 0 saturated carbocycles. The van der Waals surface area contributed by atoms with E-state index < -0.39 is 17.0 Å². The fourth-order valence-electron chi connectivity index (χ4n) is 2.06. The molecule has 1 fully saturated rings. The van der Waals surface area contributed by atoms with Crippen molar-refractivity contribution in [3.05, 3.63) is 29.8 Å². The van der Waals surface area contributed by atoms with Crippen LogP contribution in [0.1, 0.15) is 19.8 Å². The minimum Gasteiger partial charge on any atom is -0.326 e. The standard InChI is InChI=1S/C13H16F2N2O/c1-13(4-6-16-7-5-13)12(18)17-9-2-3-10(14)11(15)8-9/h2-3,8,16H,4-7H2,1H3,(H,17,18). The van der Waals surface area contributed by atoms with E-state index in [2.05, 4.69) is 10.6 Å². The number of halogens is 2. The molecule has 2 N–H and O–H groups in total. The Bertz CT molecular complexity index is 456. The first-order chi connectivity index (χ1) is 8.51. The van der Waals surface area contributed by atoms with Crippen LogP contribution in [0.25, 0.3) is 0 Å². The van der Waals surface area contributed by atoms with Gasteiger partial charge in [0.1, 0.15) is 0 Å². The molecule has 1 heterocycles. The van der Waals surface area contributed by atoms with Crippen LogP contribution in [0.15, 0.2) is 18.2 Å². The van der Waals surface area contributed by atoms with Crippen molar-refractivity contribution < 1.29 is 13.6 Å². The second kappa shape index (κ2) is 5.02. The zero-order chi connectivity index (χ0) is 13.2. The van der Waals surface area contributed by atoms with Crippen molar-refractivity contribution in [2.45, 2.75) is 19.8 Å². The second-order valence-electron chi connectivity index (χ2n) is 4.89. The summed E-state index contributed by atoms with van der Waals surface area (Å²) in [5, 5.41) is 5.83. The van der Waals surface area contributed by atoms with Crippen LogP contribution in [-0.4, -0.2) is 19.0 Å². The van der Waals surface area contributed by atoms with E-state index in [9.17, 15) is 13.6 Å². The van der Waals surface area contributed by atoms with Crippen molar-refractivity contribution in [3.63, 3.8) is 0 Å². The highest BCUT2D eigenvalue weighted by Crippen LogP contribution is 2.29. The minimum absolute atomic E-state index is 0.144. The molecule has 0 bridgehead atoms. The highest BCUT2D eigenvalue weighted by atomic mass is 19.2. The third-order valence-corrected chi connectivity index (χ3v) is 3.43. The van der Waals surface area contributed by atoms with Crippen LogP contribution in [0, 0.1) is 17.0 Å². The van der Waals surface area contributed by atoms with Crippen molar-refractivity contribution in [1.29, 1.82) is 0 Å². The Hall–Kier alpha value is -1.49. The van der Waals surface area contributed by atoms with Crippen LogP contribution in [-0.2, 0) is 4.79 Å². The first kappa shape index (κ1) is 13.0. The molecule has 18 heavy (non-hydrogen) atoms. The van der Waals surface area contributed by atoms with Crippen molar-refractivity contribution in [3.8, 4) is 0 Å². The van der Waals surface area contributed by atoms with Gasteiger partial charge in [0.25, 0.3) is 0 Å². The number of piperidine rings is 1. The third kappa shape index (κ3) is 2.67. The summed E-state index contributed by atoms with van der Waals surface area (Å²) in [7, 11) is 0. The van der Waals surface area contributed by atoms with E-state index in [0.717, 1.165) is 38.1 Å². The van der Waals surface area contributed by atoms with Gasteiger partial charge < -0.3 is 10.6 Å². The van der Waals surface area contributed by atoms with Gasteiger partial charge in [-0.2, -0.15) is 0 Å². The van der Waals surface area contributed by atoms with Gasteiger partial charge >= 0.3 is 0 Å². The maximum atomic E-state index is 13.0. The Labute approximate surface area is 105 Å². The minimum atomic E-state index is -0.955. The molecule has 1 aromatic carbocycles. The quantitative estimate of drug-likeness (QED) is 0.850. The first-order valence-corrected chi connectivity index (χ1v) is 5.98. The van der Waals surface area contributed by atoms with Crippen LogP contribution < -0.4 is 10.6 Å². The lowest BCUT2D eigenvalue weighted by Gasteiger charge is -2.32. The molecular weight excluding hydrogens is 238 g/mol. The number of rotatable bonds is 2. The number of nitrogens with one attached hydrogen (secondary N) is 2. The van der Waals surface area contributed by atoms with E-state index in [1.807, 2.05) is 6.92 Å². The summed E-state index contributed by atoms with van der Waals surface area (Å²) in [6.07, 6.45) is 1.48. The SMILES string of the molecule is CC1(C(=O)Nc2ccc(F)c(F)c2)CCNCC1. The Balaban J connectivity index is 2.08. The molecule has 0 spiro atoms. The summed E-state index contributed by atoms with van der Waals surface area (Å²) < 4.78 is 25.8. The summed E-state index contributed by atoms with van der Waals surface area (Å²) in [5.41, 5.74) is -0.158. The van der Waals surface area contributed by atoms with Gasteiger partial charge in [-0.15, -0.1) is 0 Å². The molecule has 0 aliphatic carbocycles. The van der Waals surface area contributed by atoms with Crippen LogP contribution >= 0.6 is 0 Å². The van der Waals surface area contributed by atoms with E-state index in [0.29, 0.717) is 5.69 Å². The van der Waals surface area contributed by atoms with Gasteiger partial charge in [0, 0.05) is 17.2 Å². The monoisotopic (exact) mass is 254 g/mol. The summed E-state index contributed by atoms with van der Waals surface area (Å²) in [6.45, 7) is 3.48. The van der Waals surface area contributed by atoms with Crippen molar-refractivity contribution in [1.82, 2.24) is 5.32 Å². The molecule has 0 unspecified atom stereocenters. The molecule has 2 rings (SSSR count). The fraction of sp³-hybridized carbons (Fsp3) is 0.462. The van der Waals surface area contributed by atoms with Gasteiger partial charge in [0.05, 0.1) is 0 Å². The molecule has 1 amide bonds. The van der Waals surface area contributed by atoms with Gasteiger partial charge in [-0.25, -0.2) is 8.78 Å². The molecule has 1 aromatic rings. The Kier molecular flexibility index (Phi) is 3.61. The van der Waals surface area contributed by atoms with Crippen molar-refractivity contribution in [2.24, 2.45) is 5.41 Å². The molecule has 0 aromatic heterocycles. The zero-order valence-corrected chi connectivity index (χ0v) is 10.2. The van der Waals surface area contributed by atoms with Crippen LogP contribution in [0.2, 0.25) is 0 Å². The van der Waals surface area contributed by atoms with E-state index >= 15 is 0 Å². The molecular formula is C13H16F2N2O. The number of anilines is 1.